The Balaban J connectivity index is 1.83. The zero-order chi connectivity index (χ0) is 17.3. The van der Waals surface area contributed by atoms with Gasteiger partial charge in [-0.1, -0.05) is 56.8 Å². The van der Waals surface area contributed by atoms with Crippen LogP contribution in [0.3, 0.4) is 0 Å². The summed E-state index contributed by atoms with van der Waals surface area (Å²) >= 11 is 1.06. The second kappa shape index (κ2) is 6.40. The number of nitrogens with zero attached hydrogens (tertiary/aromatic N) is 2. The molecule has 0 N–H and O–H groups in total. The minimum atomic E-state index is -0.173. The maximum Gasteiger partial charge on any atom is 0.289 e. The molecule has 2 aromatic rings. The summed E-state index contributed by atoms with van der Waals surface area (Å²) in [5.74, 6) is 0.114. The van der Waals surface area contributed by atoms with E-state index in [4.69, 9.17) is 0 Å². The highest BCUT2D eigenvalue weighted by molar-refractivity contribution is 8.14. The Morgan fingerprint density at radius 2 is 1.83 bits per heavy atom. The summed E-state index contributed by atoms with van der Waals surface area (Å²) < 4.78 is 0. The molecule has 2 heterocycles. The highest BCUT2D eigenvalue weighted by atomic mass is 32.2. The van der Waals surface area contributed by atoms with Gasteiger partial charge < -0.3 is 0 Å². The van der Waals surface area contributed by atoms with Crippen LogP contribution in [-0.2, 0) is 16.8 Å². The van der Waals surface area contributed by atoms with Crippen LogP contribution >= 0.6 is 11.8 Å². The van der Waals surface area contributed by atoms with Gasteiger partial charge in [0.05, 0.1) is 18.0 Å². The lowest BCUT2D eigenvalue weighted by atomic mass is 9.86. The van der Waals surface area contributed by atoms with Crippen LogP contribution in [-0.4, -0.2) is 26.8 Å². The molecule has 2 amide bonds. The highest BCUT2D eigenvalue weighted by Gasteiger charge is 2.29. The van der Waals surface area contributed by atoms with Crippen LogP contribution < -0.4 is 0 Å². The Bertz CT molecular complexity index is 763. The molecule has 1 saturated heterocycles. The molecule has 124 valence electrons. The zero-order valence-electron chi connectivity index (χ0n) is 14.1. The van der Waals surface area contributed by atoms with Gasteiger partial charge >= 0.3 is 0 Å². The molecule has 0 atom stereocenters. The first kappa shape index (κ1) is 16.7. The number of amides is 2. The number of thioether (sulfide) groups is 1. The van der Waals surface area contributed by atoms with E-state index in [1.807, 2.05) is 12.1 Å². The molecule has 1 aliphatic rings. The minimum Gasteiger partial charge on any atom is -0.273 e. The summed E-state index contributed by atoms with van der Waals surface area (Å²) in [5, 5.41) is -0.173. The molecule has 24 heavy (non-hydrogen) atoms. The van der Waals surface area contributed by atoms with E-state index in [1.165, 1.54) is 10.5 Å². The van der Waals surface area contributed by atoms with Gasteiger partial charge in [-0.05, 0) is 28.7 Å². The van der Waals surface area contributed by atoms with E-state index in [2.05, 4.69) is 50.0 Å². The number of carbonyl (C=O) groups excluding carboxylic acids is 2. The number of benzene rings is 1. The van der Waals surface area contributed by atoms with E-state index < -0.39 is 0 Å². The van der Waals surface area contributed by atoms with Crippen LogP contribution in [0, 0.1) is 0 Å². The first-order valence-electron chi connectivity index (χ1n) is 7.87. The fourth-order valence-corrected chi connectivity index (χ4v) is 3.31. The average molecular weight is 340 g/mol. The number of hydrogen-bond donors (Lipinski definition) is 0. The van der Waals surface area contributed by atoms with Gasteiger partial charge in [0.1, 0.15) is 0 Å². The van der Waals surface area contributed by atoms with Crippen LogP contribution in [0.4, 0.5) is 4.79 Å². The third-order valence-electron chi connectivity index (χ3n) is 4.05. The van der Waals surface area contributed by atoms with Gasteiger partial charge in [0.2, 0.25) is 5.91 Å². The van der Waals surface area contributed by atoms with E-state index in [-0.39, 0.29) is 22.3 Å². The van der Waals surface area contributed by atoms with Gasteiger partial charge in [0.15, 0.2) is 0 Å². The predicted octanol–water partition coefficient (Wildman–Crippen LogP) is 4.24. The fourth-order valence-electron chi connectivity index (χ4n) is 2.59. The minimum absolute atomic E-state index is 0.113. The maximum absolute atomic E-state index is 11.7. The molecule has 4 nitrogen and oxygen atoms in total. The predicted molar refractivity (Wildman–Crippen MR) is 96.8 cm³/mol. The number of hydrogen-bond acceptors (Lipinski definition) is 4. The number of imide groups is 1. The third-order valence-corrected chi connectivity index (χ3v) is 4.91. The Labute approximate surface area is 146 Å². The van der Waals surface area contributed by atoms with Crippen molar-refractivity contribution in [3.63, 3.8) is 0 Å². The van der Waals surface area contributed by atoms with E-state index in [9.17, 15) is 9.59 Å². The van der Waals surface area contributed by atoms with Crippen molar-refractivity contribution in [2.24, 2.45) is 0 Å². The summed E-state index contributed by atoms with van der Waals surface area (Å²) in [5.41, 5.74) is 4.16. The second-order valence-corrected chi connectivity index (χ2v) is 7.84. The zero-order valence-corrected chi connectivity index (χ0v) is 14.9. The summed E-state index contributed by atoms with van der Waals surface area (Å²) in [6.07, 6.45) is 1.72. The van der Waals surface area contributed by atoms with Crippen molar-refractivity contribution in [2.45, 2.75) is 32.7 Å². The topological polar surface area (TPSA) is 50.3 Å². The van der Waals surface area contributed by atoms with Gasteiger partial charge in [-0.3, -0.25) is 19.5 Å². The first-order valence-corrected chi connectivity index (χ1v) is 8.86. The average Bonchev–Trinajstić information content (AvgIpc) is 2.86. The molecule has 0 spiro atoms. The van der Waals surface area contributed by atoms with E-state index in [0.29, 0.717) is 6.54 Å². The number of rotatable bonds is 3. The molecule has 1 fully saturated rings. The van der Waals surface area contributed by atoms with Crippen molar-refractivity contribution in [3.8, 4) is 11.3 Å². The molecule has 5 heteroatoms. The maximum atomic E-state index is 11.7. The number of pyridine rings is 1. The summed E-state index contributed by atoms with van der Waals surface area (Å²) in [4.78, 5) is 29.2. The van der Waals surface area contributed by atoms with E-state index >= 15 is 0 Å². The lowest BCUT2D eigenvalue weighted by molar-refractivity contribution is -0.125. The molecule has 0 unspecified atom stereocenters. The Kier molecular flexibility index (Phi) is 4.45. The fraction of sp³-hybridized carbons (Fsp3) is 0.316. The molecule has 1 aliphatic heterocycles. The van der Waals surface area contributed by atoms with E-state index in [1.54, 1.807) is 6.20 Å². The van der Waals surface area contributed by atoms with Crippen molar-refractivity contribution in [1.82, 2.24) is 9.88 Å². The number of carbonyl (C=O) groups is 2. The van der Waals surface area contributed by atoms with Crippen molar-refractivity contribution < 1.29 is 9.59 Å². The molecule has 0 saturated carbocycles. The third kappa shape index (κ3) is 3.51. The van der Waals surface area contributed by atoms with Crippen LogP contribution in [0.2, 0.25) is 0 Å². The molecule has 0 aliphatic carbocycles. The molecular weight excluding hydrogens is 320 g/mol. The van der Waals surface area contributed by atoms with Gasteiger partial charge in [-0.15, -0.1) is 0 Å². The lowest BCUT2D eigenvalue weighted by Crippen LogP contribution is -2.27. The highest BCUT2D eigenvalue weighted by Crippen LogP contribution is 2.26. The first-order chi connectivity index (χ1) is 11.3. The molecular formula is C19H20N2O2S. The van der Waals surface area contributed by atoms with Crippen LogP contribution in [0.5, 0.6) is 0 Å². The van der Waals surface area contributed by atoms with Gasteiger partial charge in [-0.25, -0.2) is 0 Å². The van der Waals surface area contributed by atoms with Crippen molar-refractivity contribution in [2.75, 3.05) is 5.75 Å². The number of aromatic nitrogens is 1. The van der Waals surface area contributed by atoms with Crippen LogP contribution in [0.25, 0.3) is 11.3 Å². The molecule has 0 bridgehead atoms. The smallest absolute Gasteiger partial charge is 0.273 e. The van der Waals surface area contributed by atoms with Crippen molar-refractivity contribution in [1.29, 1.82) is 0 Å². The van der Waals surface area contributed by atoms with Gasteiger partial charge in [-0.2, -0.15) is 0 Å². The molecule has 1 aromatic heterocycles. The van der Waals surface area contributed by atoms with E-state index in [0.717, 1.165) is 28.6 Å². The normalized spacial score (nSPS) is 15.2. The van der Waals surface area contributed by atoms with Crippen molar-refractivity contribution >= 4 is 22.9 Å². The quantitative estimate of drug-likeness (QED) is 0.838. The molecule has 0 radical (unpaired) electrons. The molecule has 1 aromatic carbocycles. The standard InChI is InChI=1S/C19H20N2O2S/c1-19(2,3)15-6-4-14(5-7-15)16-10-13(8-9-20-16)11-21-17(22)12-24-18(21)23/h4-10H,11-12H2,1-3H3. The van der Waals surface area contributed by atoms with Gasteiger partial charge in [0.25, 0.3) is 5.24 Å². The Hall–Kier alpha value is -2.14. The monoisotopic (exact) mass is 340 g/mol. The SMILES string of the molecule is CC(C)(C)c1ccc(-c2cc(CN3C(=O)CSC3=O)ccn2)cc1. The summed E-state index contributed by atoms with van der Waals surface area (Å²) in [6.45, 7) is 6.86. The second-order valence-electron chi connectivity index (χ2n) is 6.91. The Morgan fingerprint density at radius 1 is 1.12 bits per heavy atom. The summed E-state index contributed by atoms with van der Waals surface area (Å²) in [7, 11) is 0. The lowest BCUT2D eigenvalue weighted by Gasteiger charge is -2.19. The largest absolute Gasteiger partial charge is 0.289 e. The summed E-state index contributed by atoms with van der Waals surface area (Å²) in [6, 6.07) is 12.2. The van der Waals surface area contributed by atoms with Crippen LogP contribution in [0.15, 0.2) is 42.6 Å². The van der Waals surface area contributed by atoms with Gasteiger partial charge in [0, 0.05) is 11.8 Å². The Morgan fingerprint density at radius 3 is 2.42 bits per heavy atom. The van der Waals surface area contributed by atoms with Crippen LogP contribution in [0.1, 0.15) is 31.9 Å². The molecule has 3 rings (SSSR count). The van der Waals surface area contributed by atoms with Crippen molar-refractivity contribution in [3.05, 3.63) is 53.7 Å².